The molecule has 1 aliphatic heterocycles. The fourth-order valence-electron chi connectivity index (χ4n) is 3.55. The van der Waals surface area contributed by atoms with Crippen LogP contribution >= 0.6 is 0 Å². The molecule has 0 aliphatic carbocycles. The lowest BCUT2D eigenvalue weighted by atomic mass is 9.90. The number of hydrogen-bond acceptors (Lipinski definition) is 3. The van der Waals surface area contributed by atoms with Crippen LogP contribution in [0.1, 0.15) is 37.4 Å². The van der Waals surface area contributed by atoms with E-state index in [0.29, 0.717) is 13.1 Å². The molecule has 1 unspecified atom stereocenters. The quantitative estimate of drug-likeness (QED) is 0.862. The molecular formula is C20H23N3O2. The van der Waals surface area contributed by atoms with Crippen LogP contribution in [0.25, 0.3) is 0 Å². The molecule has 0 radical (unpaired) electrons. The van der Waals surface area contributed by atoms with Crippen LogP contribution in [0.2, 0.25) is 0 Å². The predicted octanol–water partition coefficient (Wildman–Crippen LogP) is 2.97. The van der Waals surface area contributed by atoms with Gasteiger partial charge < -0.3 is 9.80 Å². The number of carbonyl (C=O) groups excluding carboxylic acids is 2. The lowest BCUT2D eigenvalue weighted by molar-refractivity contribution is -0.133. The van der Waals surface area contributed by atoms with Crippen molar-refractivity contribution < 1.29 is 9.59 Å². The zero-order chi connectivity index (χ0) is 17.8. The number of aromatic nitrogens is 1. The highest BCUT2D eigenvalue weighted by molar-refractivity contribution is 5.94. The molecule has 0 spiro atoms. The number of anilines is 1. The van der Waals surface area contributed by atoms with Crippen molar-refractivity contribution in [2.24, 2.45) is 0 Å². The predicted molar refractivity (Wildman–Crippen MR) is 97.2 cm³/mol. The van der Waals surface area contributed by atoms with Crippen molar-refractivity contribution in [1.82, 2.24) is 9.88 Å². The maximum absolute atomic E-state index is 13.0. The molecule has 0 bridgehead atoms. The highest BCUT2D eigenvalue weighted by Crippen LogP contribution is 2.33. The van der Waals surface area contributed by atoms with Crippen LogP contribution in [0.15, 0.2) is 48.8 Å². The average Bonchev–Trinajstić information content (AvgIpc) is 2.63. The number of nitrogens with zero attached hydrogens (tertiary/aromatic N) is 3. The molecular weight excluding hydrogens is 314 g/mol. The Balaban J connectivity index is 1.88. The minimum atomic E-state index is -0.203. The zero-order valence-electron chi connectivity index (χ0n) is 14.7. The Morgan fingerprint density at radius 3 is 2.60 bits per heavy atom. The molecule has 1 atom stereocenters. The normalized spacial score (nSPS) is 16.2. The van der Waals surface area contributed by atoms with Gasteiger partial charge in [-0.25, -0.2) is 0 Å². The number of fused-ring (bicyclic) bond motifs is 1. The molecule has 1 aliphatic rings. The summed E-state index contributed by atoms with van der Waals surface area (Å²) in [5, 5.41) is 0. The summed E-state index contributed by atoms with van der Waals surface area (Å²) in [6.07, 6.45) is 4.49. The maximum Gasteiger partial charge on any atom is 0.229 e. The molecule has 0 fully saturated rings. The molecule has 130 valence electrons. The van der Waals surface area contributed by atoms with E-state index in [2.05, 4.69) is 11.1 Å². The Morgan fingerprint density at radius 2 is 1.92 bits per heavy atom. The van der Waals surface area contributed by atoms with Gasteiger partial charge in [0, 0.05) is 38.1 Å². The SMILES string of the molecule is CCN(C(=O)CC1c2ccccc2CCN1C(C)=O)c1ccncc1. The second-order valence-corrected chi connectivity index (χ2v) is 6.22. The van der Waals surface area contributed by atoms with Crippen LogP contribution in [0.3, 0.4) is 0 Å². The van der Waals surface area contributed by atoms with Gasteiger partial charge in [0.2, 0.25) is 11.8 Å². The number of pyridine rings is 1. The van der Waals surface area contributed by atoms with Gasteiger partial charge in [-0.05, 0) is 36.6 Å². The lowest BCUT2D eigenvalue weighted by Crippen LogP contribution is -2.42. The Hall–Kier alpha value is -2.69. The van der Waals surface area contributed by atoms with Crippen molar-refractivity contribution in [3.8, 4) is 0 Å². The fraction of sp³-hybridized carbons (Fsp3) is 0.350. The van der Waals surface area contributed by atoms with Crippen molar-refractivity contribution in [3.63, 3.8) is 0 Å². The van der Waals surface area contributed by atoms with Crippen LogP contribution in [0, 0.1) is 0 Å². The van der Waals surface area contributed by atoms with E-state index in [4.69, 9.17) is 0 Å². The summed E-state index contributed by atoms with van der Waals surface area (Å²) < 4.78 is 0. The van der Waals surface area contributed by atoms with Gasteiger partial charge in [0.25, 0.3) is 0 Å². The van der Waals surface area contributed by atoms with Crippen molar-refractivity contribution in [1.29, 1.82) is 0 Å². The Bertz CT molecular complexity index is 761. The van der Waals surface area contributed by atoms with E-state index < -0.39 is 0 Å². The van der Waals surface area contributed by atoms with Crippen LogP contribution < -0.4 is 4.90 Å². The first-order valence-corrected chi connectivity index (χ1v) is 8.67. The van der Waals surface area contributed by atoms with E-state index in [1.807, 2.05) is 42.2 Å². The summed E-state index contributed by atoms with van der Waals surface area (Å²) in [6.45, 7) is 4.77. The summed E-state index contributed by atoms with van der Waals surface area (Å²) in [4.78, 5) is 32.7. The van der Waals surface area contributed by atoms with Crippen molar-refractivity contribution >= 4 is 17.5 Å². The van der Waals surface area contributed by atoms with Gasteiger partial charge in [-0.15, -0.1) is 0 Å². The number of amides is 2. The molecule has 1 aromatic carbocycles. The molecule has 5 heteroatoms. The molecule has 2 aromatic rings. The monoisotopic (exact) mass is 337 g/mol. The van der Waals surface area contributed by atoms with Gasteiger partial charge in [-0.2, -0.15) is 0 Å². The summed E-state index contributed by atoms with van der Waals surface area (Å²) in [5.74, 6) is 0.0286. The second-order valence-electron chi connectivity index (χ2n) is 6.22. The van der Waals surface area contributed by atoms with E-state index in [-0.39, 0.29) is 24.3 Å². The first kappa shape index (κ1) is 17.1. The van der Waals surface area contributed by atoms with Crippen LogP contribution in [-0.2, 0) is 16.0 Å². The molecule has 2 amide bonds. The van der Waals surface area contributed by atoms with Gasteiger partial charge >= 0.3 is 0 Å². The largest absolute Gasteiger partial charge is 0.335 e. The number of hydrogen-bond donors (Lipinski definition) is 0. The average molecular weight is 337 g/mol. The number of rotatable bonds is 4. The highest BCUT2D eigenvalue weighted by Gasteiger charge is 2.31. The molecule has 3 rings (SSSR count). The van der Waals surface area contributed by atoms with Crippen molar-refractivity contribution in [3.05, 3.63) is 59.9 Å². The smallest absolute Gasteiger partial charge is 0.229 e. The molecule has 25 heavy (non-hydrogen) atoms. The zero-order valence-corrected chi connectivity index (χ0v) is 14.7. The molecule has 1 aromatic heterocycles. The minimum absolute atomic E-state index is 0.0132. The Labute approximate surface area is 148 Å². The topological polar surface area (TPSA) is 53.5 Å². The molecule has 0 N–H and O–H groups in total. The molecule has 0 saturated carbocycles. The molecule has 0 saturated heterocycles. The third-order valence-corrected chi connectivity index (χ3v) is 4.78. The standard InChI is InChI=1S/C20H23N3O2/c1-3-22(17-8-11-21-12-9-17)20(25)14-19-18-7-5-4-6-16(18)10-13-23(19)15(2)24/h4-9,11-12,19H,3,10,13-14H2,1-2H3. The minimum Gasteiger partial charge on any atom is -0.335 e. The second kappa shape index (κ2) is 7.47. The van der Waals surface area contributed by atoms with Crippen LogP contribution in [-0.4, -0.2) is 34.8 Å². The first-order chi connectivity index (χ1) is 12.1. The van der Waals surface area contributed by atoms with E-state index in [1.165, 1.54) is 5.56 Å². The summed E-state index contributed by atoms with van der Waals surface area (Å²) in [5.41, 5.74) is 3.15. The third-order valence-electron chi connectivity index (χ3n) is 4.78. The Kier molecular flexibility index (Phi) is 5.12. The Morgan fingerprint density at radius 1 is 1.20 bits per heavy atom. The van der Waals surface area contributed by atoms with Gasteiger partial charge in [0.1, 0.15) is 0 Å². The highest BCUT2D eigenvalue weighted by atomic mass is 16.2. The molecule has 2 heterocycles. The summed E-state index contributed by atoms with van der Waals surface area (Å²) in [7, 11) is 0. The summed E-state index contributed by atoms with van der Waals surface area (Å²) >= 11 is 0. The first-order valence-electron chi connectivity index (χ1n) is 8.67. The van der Waals surface area contributed by atoms with E-state index >= 15 is 0 Å². The fourth-order valence-corrected chi connectivity index (χ4v) is 3.55. The third kappa shape index (κ3) is 3.55. The van der Waals surface area contributed by atoms with E-state index in [0.717, 1.165) is 17.7 Å². The van der Waals surface area contributed by atoms with E-state index in [9.17, 15) is 9.59 Å². The van der Waals surface area contributed by atoms with Gasteiger partial charge in [0.15, 0.2) is 0 Å². The van der Waals surface area contributed by atoms with Gasteiger partial charge in [-0.1, -0.05) is 24.3 Å². The maximum atomic E-state index is 13.0. The van der Waals surface area contributed by atoms with Crippen molar-refractivity contribution in [2.75, 3.05) is 18.0 Å². The van der Waals surface area contributed by atoms with Crippen LogP contribution in [0.5, 0.6) is 0 Å². The summed E-state index contributed by atoms with van der Waals surface area (Å²) in [6, 6.07) is 11.6. The van der Waals surface area contributed by atoms with Crippen LogP contribution in [0.4, 0.5) is 5.69 Å². The number of carbonyl (C=O) groups is 2. The number of benzene rings is 1. The van der Waals surface area contributed by atoms with Gasteiger partial charge in [-0.3, -0.25) is 14.6 Å². The molecule has 5 nitrogen and oxygen atoms in total. The van der Waals surface area contributed by atoms with Crippen molar-refractivity contribution in [2.45, 2.75) is 32.7 Å². The lowest BCUT2D eigenvalue weighted by Gasteiger charge is -2.37. The van der Waals surface area contributed by atoms with E-state index in [1.54, 1.807) is 24.2 Å². The van der Waals surface area contributed by atoms with Gasteiger partial charge in [0.05, 0.1) is 12.5 Å².